The maximum atomic E-state index is 12.0. The van der Waals surface area contributed by atoms with Gasteiger partial charge in [0.25, 0.3) is 0 Å². The molecule has 2 aromatic rings. The van der Waals surface area contributed by atoms with Gasteiger partial charge >= 0.3 is 0 Å². The van der Waals surface area contributed by atoms with E-state index < -0.39 is 0 Å². The van der Waals surface area contributed by atoms with Crippen LogP contribution in [0.25, 0.3) is 10.2 Å². The summed E-state index contributed by atoms with van der Waals surface area (Å²) < 4.78 is 5.56. The fourth-order valence-corrected chi connectivity index (χ4v) is 4.33. The van der Waals surface area contributed by atoms with Gasteiger partial charge in [-0.05, 0) is 44.6 Å². The topological polar surface area (TPSA) is 64.1 Å². The molecule has 0 radical (unpaired) electrons. The van der Waals surface area contributed by atoms with Gasteiger partial charge in [0, 0.05) is 30.0 Å². The summed E-state index contributed by atoms with van der Waals surface area (Å²) in [7, 11) is 0. The molecule has 1 saturated carbocycles. The van der Waals surface area contributed by atoms with E-state index in [2.05, 4.69) is 29.1 Å². The number of rotatable bonds is 9. The highest BCUT2D eigenvalue weighted by Gasteiger charge is 2.20. The summed E-state index contributed by atoms with van der Waals surface area (Å²) in [5.41, 5.74) is 1.21. The van der Waals surface area contributed by atoms with Crippen LogP contribution in [0.1, 0.15) is 29.7 Å². The zero-order valence-electron chi connectivity index (χ0n) is 14.1. The van der Waals surface area contributed by atoms with Crippen LogP contribution in [0.5, 0.6) is 0 Å². The van der Waals surface area contributed by atoms with Gasteiger partial charge in [-0.3, -0.25) is 4.79 Å². The number of ether oxygens (including phenoxy) is 1. The molecule has 1 fully saturated rings. The number of carbonyl (C=O) groups excluding carboxylic acids is 1. The molecule has 1 amide bonds. The van der Waals surface area contributed by atoms with Crippen LogP contribution in [-0.2, 0) is 9.53 Å². The number of amides is 1. The van der Waals surface area contributed by atoms with Crippen molar-refractivity contribution in [3.63, 3.8) is 0 Å². The van der Waals surface area contributed by atoms with Gasteiger partial charge in [0.2, 0.25) is 5.91 Å². The molecular formula is C17H23N3O2S2. The average molecular weight is 366 g/mol. The quantitative estimate of drug-likeness (QED) is 0.419. The molecule has 0 aromatic carbocycles. The smallest absolute Gasteiger partial charge is 0.230 e. The molecule has 0 saturated heterocycles. The number of hydrogen-bond acceptors (Lipinski definition) is 6. The van der Waals surface area contributed by atoms with E-state index in [0.717, 1.165) is 40.8 Å². The molecule has 1 N–H and O–H groups in total. The lowest BCUT2D eigenvalue weighted by Crippen LogP contribution is -2.27. The lowest BCUT2D eigenvalue weighted by molar-refractivity contribution is -0.118. The van der Waals surface area contributed by atoms with Crippen LogP contribution in [0.3, 0.4) is 0 Å². The van der Waals surface area contributed by atoms with Crippen molar-refractivity contribution in [3.05, 3.63) is 16.8 Å². The highest BCUT2D eigenvalue weighted by Crippen LogP contribution is 2.34. The van der Waals surface area contributed by atoms with Crippen molar-refractivity contribution < 1.29 is 9.53 Å². The lowest BCUT2D eigenvalue weighted by Gasteiger charge is -2.06. The molecule has 0 unspecified atom stereocenters. The first-order valence-electron chi connectivity index (χ1n) is 8.33. The molecule has 1 aliphatic carbocycles. The van der Waals surface area contributed by atoms with Gasteiger partial charge in [-0.15, -0.1) is 11.3 Å². The molecule has 0 atom stereocenters. The van der Waals surface area contributed by atoms with E-state index in [-0.39, 0.29) is 5.91 Å². The molecule has 24 heavy (non-hydrogen) atoms. The Kier molecular flexibility index (Phi) is 6.08. The SMILES string of the molecule is Cc1sc2ncnc(SCC(=O)NCCCOCC3CC3)c2c1C. The molecule has 7 heteroatoms. The van der Waals surface area contributed by atoms with Crippen LogP contribution in [0.2, 0.25) is 0 Å². The Bertz CT molecular complexity index is 713. The molecule has 0 spiro atoms. The number of thioether (sulfide) groups is 1. The number of carbonyl (C=O) groups is 1. The summed E-state index contributed by atoms with van der Waals surface area (Å²) in [5.74, 6) is 1.21. The van der Waals surface area contributed by atoms with E-state index in [1.165, 1.54) is 35.0 Å². The Labute approximate surface area is 150 Å². The zero-order valence-corrected chi connectivity index (χ0v) is 15.8. The number of aryl methyl sites for hydroxylation is 2. The van der Waals surface area contributed by atoms with Crippen molar-refractivity contribution in [1.29, 1.82) is 0 Å². The standard InChI is InChI=1S/C17H23N3O2S2/c1-11-12(2)24-17-15(11)16(19-10-20-17)23-9-14(21)18-6-3-7-22-8-13-4-5-13/h10,13H,3-9H2,1-2H3,(H,18,21). The van der Waals surface area contributed by atoms with E-state index in [1.807, 2.05) is 0 Å². The van der Waals surface area contributed by atoms with Crippen LogP contribution in [0.15, 0.2) is 11.4 Å². The summed E-state index contributed by atoms with van der Waals surface area (Å²) >= 11 is 3.15. The number of aromatic nitrogens is 2. The minimum absolute atomic E-state index is 0.0403. The fourth-order valence-electron chi connectivity index (χ4n) is 2.38. The molecule has 1 aliphatic rings. The van der Waals surface area contributed by atoms with E-state index in [0.29, 0.717) is 12.3 Å². The van der Waals surface area contributed by atoms with Crippen molar-refractivity contribution in [1.82, 2.24) is 15.3 Å². The van der Waals surface area contributed by atoms with Crippen LogP contribution in [0.4, 0.5) is 0 Å². The van der Waals surface area contributed by atoms with Gasteiger partial charge < -0.3 is 10.1 Å². The van der Waals surface area contributed by atoms with Crippen LogP contribution >= 0.6 is 23.1 Å². The van der Waals surface area contributed by atoms with Crippen molar-refractivity contribution in [2.45, 2.75) is 38.1 Å². The van der Waals surface area contributed by atoms with E-state index in [1.54, 1.807) is 17.7 Å². The monoisotopic (exact) mass is 365 g/mol. The summed E-state index contributed by atoms with van der Waals surface area (Å²) in [6.07, 6.45) is 5.07. The third kappa shape index (κ3) is 4.68. The summed E-state index contributed by atoms with van der Waals surface area (Å²) in [5, 5.41) is 4.93. The van der Waals surface area contributed by atoms with Gasteiger partial charge in [-0.2, -0.15) is 0 Å². The number of thiophene rings is 1. The lowest BCUT2D eigenvalue weighted by atomic mass is 10.2. The summed E-state index contributed by atoms with van der Waals surface area (Å²) in [6.45, 7) is 6.45. The second-order valence-electron chi connectivity index (χ2n) is 6.15. The molecule has 2 heterocycles. The second-order valence-corrected chi connectivity index (χ2v) is 8.32. The van der Waals surface area contributed by atoms with Crippen LogP contribution in [0, 0.1) is 19.8 Å². The van der Waals surface area contributed by atoms with Gasteiger partial charge in [-0.25, -0.2) is 9.97 Å². The zero-order chi connectivity index (χ0) is 16.9. The van der Waals surface area contributed by atoms with Gasteiger partial charge in [0.1, 0.15) is 16.2 Å². The van der Waals surface area contributed by atoms with Crippen molar-refractivity contribution in [3.8, 4) is 0 Å². The second kappa shape index (κ2) is 8.27. The number of nitrogens with one attached hydrogen (secondary N) is 1. The molecule has 130 valence electrons. The average Bonchev–Trinajstić information content (AvgIpc) is 3.35. The first-order valence-corrected chi connectivity index (χ1v) is 10.1. The Morgan fingerprint density at radius 2 is 2.25 bits per heavy atom. The summed E-state index contributed by atoms with van der Waals surface area (Å²) in [6, 6.07) is 0. The molecule has 0 bridgehead atoms. The number of hydrogen-bond donors (Lipinski definition) is 1. The van der Waals surface area contributed by atoms with E-state index in [9.17, 15) is 4.79 Å². The van der Waals surface area contributed by atoms with Crippen LogP contribution in [-0.4, -0.2) is 41.4 Å². The van der Waals surface area contributed by atoms with Crippen LogP contribution < -0.4 is 5.32 Å². The minimum Gasteiger partial charge on any atom is -0.381 e. The normalized spacial score (nSPS) is 14.2. The van der Waals surface area contributed by atoms with E-state index in [4.69, 9.17) is 4.74 Å². The molecule has 0 aliphatic heterocycles. The van der Waals surface area contributed by atoms with Gasteiger partial charge in [0.15, 0.2) is 0 Å². The Morgan fingerprint density at radius 3 is 3.04 bits per heavy atom. The van der Waals surface area contributed by atoms with Gasteiger partial charge in [-0.1, -0.05) is 11.8 Å². The highest BCUT2D eigenvalue weighted by molar-refractivity contribution is 8.00. The number of nitrogens with zero attached hydrogens (tertiary/aromatic N) is 2. The molecule has 5 nitrogen and oxygen atoms in total. The predicted molar refractivity (Wildman–Crippen MR) is 98.8 cm³/mol. The third-order valence-corrected chi connectivity index (χ3v) is 6.21. The molecule has 2 aromatic heterocycles. The first kappa shape index (κ1) is 17.6. The highest BCUT2D eigenvalue weighted by atomic mass is 32.2. The number of fused-ring (bicyclic) bond motifs is 1. The van der Waals surface area contributed by atoms with Crippen molar-refractivity contribution in [2.24, 2.45) is 5.92 Å². The maximum absolute atomic E-state index is 12.0. The van der Waals surface area contributed by atoms with Crippen molar-refractivity contribution >= 4 is 39.2 Å². The Morgan fingerprint density at radius 1 is 1.42 bits per heavy atom. The Balaban J connectivity index is 1.41. The predicted octanol–water partition coefficient (Wildman–Crippen LogP) is 3.33. The van der Waals surface area contributed by atoms with Gasteiger partial charge in [0.05, 0.1) is 5.75 Å². The minimum atomic E-state index is 0.0403. The Hall–Kier alpha value is -1.18. The fraction of sp³-hybridized carbons (Fsp3) is 0.588. The molecular weight excluding hydrogens is 342 g/mol. The largest absolute Gasteiger partial charge is 0.381 e. The maximum Gasteiger partial charge on any atom is 0.230 e. The third-order valence-electron chi connectivity index (χ3n) is 4.11. The first-order chi connectivity index (χ1) is 11.6. The molecule has 3 rings (SSSR count). The summed E-state index contributed by atoms with van der Waals surface area (Å²) in [4.78, 5) is 22.9. The van der Waals surface area contributed by atoms with E-state index >= 15 is 0 Å². The van der Waals surface area contributed by atoms with Crippen molar-refractivity contribution in [2.75, 3.05) is 25.5 Å².